The van der Waals surface area contributed by atoms with E-state index in [1.807, 2.05) is 25.1 Å². The molecule has 110 valence electrons. The molecule has 0 spiro atoms. The second-order valence-electron chi connectivity index (χ2n) is 5.21. The van der Waals surface area contributed by atoms with Crippen molar-refractivity contribution in [2.24, 2.45) is 11.7 Å². The molecule has 20 heavy (non-hydrogen) atoms. The number of benzene rings is 1. The van der Waals surface area contributed by atoms with Crippen LogP contribution in [0.2, 0.25) is 0 Å². The number of anilines is 1. The van der Waals surface area contributed by atoms with E-state index in [4.69, 9.17) is 22.7 Å². The highest BCUT2D eigenvalue weighted by molar-refractivity contribution is 7.80. The number of ether oxygens (including phenoxy) is 1. The minimum absolute atomic E-state index is 0.282. The van der Waals surface area contributed by atoms with Crippen LogP contribution in [0, 0.1) is 12.8 Å². The fraction of sp³-hybridized carbons (Fsp3) is 0.467. The van der Waals surface area contributed by atoms with E-state index in [0.717, 1.165) is 16.8 Å². The molecule has 0 fully saturated rings. The first kappa shape index (κ1) is 16.4. The van der Waals surface area contributed by atoms with Gasteiger partial charge in [0.2, 0.25) is 0 Å². The quantitative estimate of drug-likeness (QED) is 0.624. The summed E-state index contributed by atoms with van der Waals surface area (Å²) in [6.07, 6.45) is 0.678. The van der Waals surface area contributed by atoms with Gasteiger partial charge in [-0.2, -0.15) is 0 Å². The van der Waals surface area contributed by atoms with Crippen LogP contribution in [0.4, 0.5) is 5.69 Å². The molecule has 1 aromatic carbocycles. The molecular weight excluding hydrogens is 272 g/mol. The number of methoxy groups -OCH3 is 1. The third-order valence-corrected chi connectivity index (χ3v) is 3.27. The molecule has 0 aromatic heterocycles. The predicted molar refractivity (Wildman–Crippen MR) is 85.9 cm³/mol. The van der Waals surface area contributed by atoms with Gasteiger partial charge >= 0.3 is 5.97 Å². The van der Waals surface area contributed by atoms with Gasteiger partial charge in [0, 0.05) is 11.3 Å². The number of aryl methyl sites for hydroxylation is 1. The highest BCUT2D eigenvalue weighted by atomic mass is 32.1. The maximum atomic E-state index is 11.9. The van der Waals surface area contributed by atoms with Gasteiger partial charge in [0.15, 0.2) is 0 Å². The molecule has 0 saturated carbocycles. The van der Waals surface area contributed by atoms with Crippen LogP contribution in [-0.2, 0) is 9.53 Å². The summed E-state index contributed by atoms with van der Waals surface area (Å²) in [6.45, 7) is 6.07. The second kappa shape index (κ2) is 7.24. The molecule has 0 radical (unpaired) electrons. The molecule has 1 aromatic rings. The lowest BCUT2D eigenvalue weighted by atomic mass is 10.0. The minimum atomic E-state index is -0.408. The molecule has 0 saturated heterocycles. The van der Waals surface area contributed by atoms with Crippen LogP contribution in [0.15, 0.2) is 18.2 Å². The van der Waals surface area contributed by atoms with E-state index in [1.165, 1.54) is 7.11 Å². The number of nitrogens with two attached hydrogens (primary N) is 1. The Labute approximate surface area is 125 Å². The van der Waals surface area contributed by atoms with Crippen LogP contribution in [0.5, 0.6) is 0 Å². The maximum Gasteiger partial charge on any atom is 0.328 e. The molecule has 3 N–H and O–H groups in total. The summed E-state index contributed by atoms with van der Waals surface area (Å²) in [5.41, 5.74) is 8.29. The van der Waals surface area contributed by atoms with Gasteiger partial charge in [-0.3, -0.25) is 0 Å². The van der Waals surface area contributed by atoms with E-state index in [0.29, 0.717) is 17.3 Å². The summed E-state index contributed by atoms with van der Waals surface area (Å²) in [4.78, 5) is 12.2. The van der Waals surface area contributed by atoms with Crippen molar-refractivity contribution < 1.29 is 9.53 Å². The number of carbonyl (C=O) groups is 1. The summed E-state index contributed by atoms with van der Waals surface area (Å²) in [6, 6.07) is 5.29. The number of thiocarbonyl (C=S) groups is 1. The van der Waals surface area contributed by atoms with E-state index in [2.05, 4.69) is 19.2 Å². The Balaban J connectivity index is 3.10. The average Bonchev–Trinajstić information content (AvgIpc) is 2.38. The Morgan fingerprint density at radius 1 is 1.45 bits per heavy atom. The SMILES string of the molecule is COC(=O)C(CC(C)C)Nc1c(C)cccc1C(N)=S. The van der Waals surface area contributed by atoms with E-state index >= 15 is 0 Å². The molecule has 0 aliphatic carbocycles. The Kier molecular flexibility index (Phi) is 5.95. The summed E-state index contributed by atoms with van der Waals surface area (Å²) in [5, 5.41) is 3.24. The highest BCUT2D eigenvalue weighted by Gasteiger charge is 2.22. The van der Waals surface area contributed by atoms with Crippen molar-refractivity contribution in [1.29, 1.82) is 0 Å². The van der Waals surface area contributed by atoms with E-state index < -0.39 is 6.04 Å². The van der Waals surface area contributed by atoms with Crippen molar-refractivity contribution in [2.45, 2.75) is 33.2 Å². The Hall–Kier alpha value is -1.62. The van der Waals surface area contributed by atoms with Crippen LogP contribution in [-0.4, -0.2) is 24.1 Å². The Morgan fingerprint density at radius 3 is 2.60 bits per heavy atom. The van der Waals surface area contributed by atoms with E-state index in [1.54, 1.807) is 0 Å². The number of nitrogens with one attached hydrogen (secondary N) is 1. The smallest absolute Gasteiger partial charge is 0.328 e. The van der Waals surface area contributed by atoms with Crippen LogP contribution in [0.25, 0.3) is 0 Å². The lowest BCUT2D eigenvalue weighted by molar-refractivity contribution is -0.141. The fourth-order valence-corrected chi connectivity index (χ4v) is 2.24. The van der Waals surface area contributed by atoms with Gasteiger partial charge in [-0.25, -0.2) is 4.79 Å². The Bertz CT molecular complexity index is 501. The van der Waals surface area contributed by atoms with E-state index in [9.17, 15) is 4.79 Å². The predicted octanol–water partition coefficient (Wildman–Crippen LogP) is 2.63. The molecule has 1 unspecified atom stereocenters. The number of esters is 1. The van der Waals surface area contributed by atoms with Gasteiger partial charge in [-0.05, 0) is 30.9 Å². The molecule has 0 amide bonds. The Morgan fingerprint density at radius 2 is 2.10 bits per heavy atom. The van der Waals surface area contributed by atoms with Crippen LogP contribution in [0.1, 0.15) is 31.4 Å². The van der Waals surface area contributed by atoms with Crippen LogP contribution in [0.3, 0.4) is 0 Å². The van der Waals surface area contributed by atoms with Gasteiger partial charge in [-0.15, -0.1) is 0 Å². The van der Waals surface area contributed by atoms with Crippen molar-refractivity contribution >= 4 is 28.9 Å². The third-order valence-electron chi connectivity index (χ3n) is 3.05. The minimum Gasteiger partial charge on any atom is -0.467 e. The lowest BCUT2D eigenvalue weighted by Gasteiger charge is -2.22. The van der Waals surface area contributed by atoms with Crippen molar-refractivity contribution in [2.75, 3.05) is 12.4 Å². The highest BCUT2D eigenvalue weighted by Crippen LogP contribution is 2.23. The fourth-order valence-electron chi connectivity index (χ4n) is 2.07. The number of hydrogen-bond acceptors (Lipinski definition) is 4. The zero-order valence-electron chi connectivity index (χ0n) is 12.4. The molecule has 1 rings (SSSR count). The zero-order chi connectivity index (χ0) is 15.3. The lowest BCUT2D eigenvalue weighted by Crippen LogP contribution is -2.33. The average molecular weight is 294 g/mol. The van der Waals surface area contributed by atoms with Gasteiger partial charge < -0.3 is 15.8 Å². The van der Waals surface area contributed by atoms with Gasteiger partial charge in [0.25, 0.3) is 0 Å². The first-order valence-electron chi connectivity index (χ1n) is 6.60. The van der Waals surface area contributed by atoms with Gasteiger partial charge in [0.1, 0.15) is 11.0 Å². The molecular formula is C15H22N2O2S. The molecule has 5 heteroatoms. The molecule has 0 aliphatic heterocycles. The second-order valence-corrected chi connectivity index (χ2v) is 5.65. The number of hydrogen-bond donors (Lipinski definition) is 2. The van der Waals surface area contributed by atoms with Crippen molar-refractivity contribution in [1.82, 2.24) is 0 Å². The molecule has 0 bridgehead atoms. The summed E-state index contributed by atoms with van der Waals surface area (Å²) < 4.78 is 4.86. The first-order valence-corrected chi connectivity index (χ1v) is 7.01. The first-order chi connectivity index (χ1) is 9.36. The monoisotopic (exact) mass is 294 g/mol. The molecule has 1 atom stereocenters. The molecule has 0 heterocycles. The summed E-state index contributed by atoms with van der Waals surface area (Å²) in [5.74, 6) is 0.0831. The number of rotatable bonds is 6. The van der Waals surface area contributed by atoms with Gasteiger partial charge in [0.05, 0.1) is 7.11 Å². The standard InChI is InChI=1S/C15H22N2O2S/c1-9(2)8-12(15(18)19-4)17-13-10(3)6-5-7-11(13)14(16)20/h5-7,9,12,17H,8H2,1-4H3,(H2,16,20). The summed E-state index contributed by atoms with van der Waals surface area (Å²) >= 11 is 5.07. The topological polar surface area (TPSA) is 64.3 Å². The van der Waals surface area contributed by atoms with E-state index in [-0.39, 0.29) is 5.97 Å². The molecule has 0 aliphatic rings. The number of carbonyl (C=O) groups excluding carboxylic acids is 1. The normalized spacial score (nSPS) is 12.1. The van der Waals surface area contributed by atoms with Crippen molar-refractivity contribution in [3.8, 4) is 0 Å². The van der Waals surface area contributed by atoms with Crippen molar-refractivity contribution in [3.05, 3.63) is 29.3 Å². The zero-order valence-corrected chi connectivity index (χ0v) is 13.2. The molecule has 4 nitrogen and oxygen atoms in total. The van der Waals surface area contributed by atoms with Crippen LogP contribution >= 0.6 is 12.2 Å². The van der Waals surface area contributed by atoms with Gasteiger partial charge in [-0.1, -0.05) is 38.2 Å². The van der Waals surface area contributed by atoms with Crippen LogP contribution < -0.4 is 11.1 Å². The van der Waals surface area contributed by atoms with Crippen molar-refractivity contribution in [3.63, 3.8) is 0 Å². The maximum absolute atomic E-state index is 11.9. The summed E-state index contributed by atoms with van der Waals surface area (Å²) in [7, 11) is 1.39. The third kappa shape index (κ3) is 4.20. The largest absolute Gasteiger partial charge is 0.467 e. The number of para-hydroxylation sites is 1.